The number of carbonyl (C=O) groups is 4. The number of ether oxygens (including phenoxy) is 3. The summed E-state index contributed by atoms with van der Waals surface area (Å²) in [6.07, 6.45) is 1.76. The van der Waals surface area contributed by atoms with E-state index in [1.807, 2.05) is 6.92 Å². The Morgan fingerprint density at radius 3 is 2.34 bits per heavy atom. The molecular formula is C28H43N3O10. The second-order valence-corrected chi connectivity index (χ2v) is 9.14. The molecule has 13 heteroatoms. The van der Waals surface area contributed by atoms with Gasteiger partial charge in [0.05, 0.1) is 19.1 Å². The third-order valence-corrected chi connectivity index (χ3v) is 5.72. The van der Waals surface area contributed by atoms with Gasteiger partial charge in [-0.2, -0.15) is 5.48 Å². The molecule has 1 amide bonds. The largest absolute Gasteiger partial charge is 0.464 e. The Morgan fingerprint density at radius 1 is 1.02 bits per heavy atom. The fourth-order valence-corrected chi connectivity index (χ4v) is 3.49. The minimum atomic E-state index is -1.05. The van der Waals surface area contributed by atoms with Crippen molar-refractivity contribution in [2.75, 3.05) is 32.9 Å². The molecule has 0 aliphatic heterocycles. The average Bonchev–Trinajstić information content (AvgIpc) is 2.94. The van der Waals surface area contributed by atoms with E-state index >= 15 is 0 Å². The van der Waals surface area contributed by atoms with Crippen LogP contribution in [-0.4, -0.2) is 79.0 Å². The molecule has 230 valence electrons. The van der Waals surface area contributed by atoms with E-state index in [0.29, 0.717) is 12.1 Å². The molecule has 3 unspecified atom stereocenters. The molecule has 1 rings (SSSR count). The Labute approximate surface area is 240 Å². The first-order valence-electron chi connectivity index (χ1n) is 13.6. The van der Waals surface area contributed by atoms with Crippen LogP contribution >= 0.6 is 0 Å². The van der Waals surface area contributed by atoms with Crippen molar-refractivity contribution in [1.29, 1.82) is 0 Å². The molecule has 1 aromatic carbocycles. The lowest BCUT2D eigenvalue weighted by atomic mass is 9.93. The summed E-state index contributed by atoms with van der Waals surface area (Å²) in [6.45, 7) is 8.70. The van der Waals surface area contributed by atoms with Crippen molar-refractivity contribution < 1.29 is 48.4 Å². The maximum Gasteiger partial charge on any atom is 0.333 e. The van der Waals surface area contributed by atoms with Crippen LogP contribution in [0.5, 0.6) is 5.75 Å². The molecule has 1 aromatic rings. The van der Waals surface area contributed by atoms with Gasteiger partial charge in [0.2, 0.25) is 5.91 Å². The first-order valence-corrected chi connectivity index (χ1v) is 13.6. The van der Waals surface area contributed by atoms with Gasteiger partial charge < -0.3 is 39.9 Å². The molecule has 41 heavy (non-hydrogen) atoms. The number of hydrogen-bond acceptors (Lipinski definition) is 12. The lowest BCUT2D eigenvalue weighted by molar-refractivity contribution is -0.144. The summed E-state index contributed by atoms with van der Waals surface area (Å²) in [4.78, 5) is 54.1. The Bertz CT molecular complexity index is 970. The summed E-state index contributed by atoms with van der Waals surface area (Å²) >= 11 is 0. The average molecular weight is 582 g/mol. The molecule has 0 radical (unpaired) electrons. The zero-order valence-corrected chi connectivity index (χ0v) is 24.0. The molecule has 5 N–H and O–H groups in total. The first kappa shape index (κ1) is 35.5. The van der Waals surface area contributed by atoms with E-state index in [1.165, 1.54) is 26.0 Å². The molecule has 0 fully saturated rings. The zero-order chi connectivity index (χ0) is 30.6. The van der Waals surface area contributed by atoms with Crippen molar-refractivity contribution >= 4 is 23.8 Å². The van der Waals surface area contributed by atoms with Crippen molar-refractivity contribution in [1.82, 2.24) is 16.1 Å². The standard InChI is InChI=1S/C28H43N3O10/c1-5-6-13-30-41-20(3)24(11-15-32)26(29-14-17-38-25(35)12-16-33)27(36)31-19(2)28(37)40-23-9-7-22(8-10-23)18-39-21(4)34/h7-10,19,24,26,29-30,32-33H,3,5-6,11-18H2,1-2,4H3,(H,31,36). The lowest BCUT2D eigenvalue weighted by Gasteiger charge is -2.29. The maximum atomic E-state index is 13.3. The van der Waals surface area contributed by atoms with Crippen LogP contribution < -0.4 is 20.9 Å². The third-order valence-electron chi connectivity index (χ3n) is 5.72. The van der Waals surface area contributed by atoms with Gasteiger partial charge in [-0.05, 0) is 37.5 Å². The number of rotatable bonds is 21. The van der Waals surface area contributed by atoms with Gasteiger partial charge in [-0.1, -0.05) is 32.1 Å². The molecular weight excluding hydrogens is 538 g/mol. The van der Waals surface area contributed by atoms with Gasteiger partial charge in [0.15, 0.2) is 0 Å². The molecule has 13 nitrogen and oxygen atoms in total. The summed E-state index contributed by atoms with van der Waals surface area (Å²) in [6, 6.07) is 4.29. The Hall–Kier alpha value is -3.52. The van der Waals surface area contributed by atoms with E-state index < -0.39 is 41.8 Å². The van der Waals surface area contributed by atoms with Crippen LogP contribution in [-0.2, 0) is 40.1 Å². The number of unbranched alkanes of at least 4 members (excludes halogenated alkanes) is 1. The van der Waals surface area contributed by atoms with E-state index in [4.69, 9.17) is 24.2 Å². The third kappa shape index (κ3) is 14.6. The fourth-order valence-electron chi connectivity index (χ4n) is 3.49. The van der Waals surface area contributed by atoms with Crippen molar-refractivity contribution in [3.63, 3.8) is 0 Å². The van der Waals surface area contributed by atoms with E-state index in [-0.39, 0.29) is 57.3 Å². The summed E-state index contributed by atoms with van der Waals surface area (Å²) in [5, 5.41) is 24.1. The summed E-state index contributed by atoms with van der Waals surface area (Å²) in [5.41, 5.74) is 3.49. The number of aliphatic hydroxyl groups is 2. The smallest absolute Gasteiger partial charge is 0.333 e. The van der Waals surface area contributed by atoms with Crippen molar-refractivity contribution in [2.45, 2.75) is 65.1 Å². The molecule has 0 aromatic heterocycles. The topological polar surface area (TPSA) is 182 Å². The normalized spacial score (nSPS) is 12.9. The summed E-state index contributed by atoms with van der Waals surface area (Å²) in [5.74, 6) is -2.60. The van der Waals surface area contributed by atoms with Crippen LogP contribution in [0.2, 0.25) is 0 Å². The van der Waals surface area contributed by atoms with Gasteiger partial charge in [-0.15, -0.1) is 0 Å². The van der Waals surface area contributed by atoms with Crippen LogP contribution in [0.4, 0.5) is 0 Å². The number of benzene rings is 1. The van der Waals surface area contributed by atoms with Crippen LogP contribution in [0.1, 0.15) is 52.0 Å². The molecule has 0 aliphatic carbocycles. The van der Waals surface area contributed by atoms with Gasteiger partial charge in [0.25, 0.3) is 0 Å². The number of carbonyl (C=O) groups excluding carboxylic acids is 4. The van der Waals surface area contributed by atoms with Gasteiger partial charge in [0, 0.05) is 32.5 Å². The quantitative estimate of drug-likeness (QED) is 0.0455. The van der Waals surface area contributed by atoms with Crippen LogP contribution in [0.3, 0.4) is 0 Å². The Balaban J connectivity index is 2.89. The van der Waals surface area contributed by atoms with Crippen LogP contribution in [0.15, 0.2) is 36.6 Å². The molecule has 0 spiro atoms. The molecule has 0 saturated carbocycles. The number of aliphatic hydroxyl groups excluding tert-OH is 2. The Morgan fingerprint density at radius 2 is 1.73 bits per heavy atom. The number of nitrogens with one attached hydrogen (secondary N) is 3. The second-order valence-electron chi connectivity index (χ2n) is 9.14. The highest BCUT2D eigenvalue weighted by molar-refractivity contribution is 5.88. The van der Waals surface area contributed by atoms with Crippen molar-refractivity contribution in [3.8, 4) is 5.75 Å². The minimum absolute atomic E-state index is 0.0618. The van der Waals surface area contributed by atoms with E-state index in [0.717, 1.165) is 12.8 Å². The highest BCUT2D eigenvalue weighted by atomic mass is 16.6. The monoisotopic (exact) mass is 581 g/mol. The zero-order valence-electron chi connectivity index (χ0n) is 24.0. The van der Waals surface area contributed by atoms with E-state index in [2.05, 4.69) is 22.7 Å². The van der Waals surface area contributed by atoms with E-state index in [1.54, 1.807) is 12.1 Å². The van der Waals surface area contributed by atoms with Crippen LogP contribution in [0.25, 0.3) is 0 Å². The van der Waals surface area contributed by atoms with Gasteiger partial charge in [0.1, 0.15) is 30.8 Å². The number of esters is 3. The van der Waals surface area contributed by atoms with Gasteiger partial charge >= 0.3 is 17.9 Å². The lowest BCUT2D eigenvalue weighted by Crippen LogP contribution is -2.54. The number of amides is 1. The van der Waals surface area contributed by atoms with Gasteiger partial charge in [-0.25, -0.2) is 4.79 Å². The minimum Gasteiger partial charge on any atom is -0.464 e. The maximum absolute atomic E-state index is 13.3. The molecule has 0 bridgehead atoms. The molecule has 0 heterocycles. The van der Waals surface area contributed by atoms with Crippen LogP contribution in [0, 0.1) is 5.92 Å². The number of hydrogen-bond donors (Lipinski definition) is 5. The molecule has 0 saturated heterocycles. The summed E-state index contributed by atoms with van der Waals surface area (Å²) < 4.78 is 15.3. The number of hydroxylamine groups is 1. The fraction of sp³-hybridized carbons (Fsp3) is 0.571. The van der Waals surface area contributed by atoms with E-state index in [9.17, 15) is 24.3 Å². The second kappa shape index (κ2) is 20.4. The molecule has 3 atom stereocenters. The highest BCUT2D eigenvalue weighted by Crippen LogP contribution is 2.20. The Kier molecular flexibility index (Phi) is 17.6. The van der Waals surface area contributed by atoms with Gasteiger partial charge in [-0.3, -0.25) is 14.4 Å². The predicted octanol–water partition coefficient (Wildman–Crippen LogP) is 0.877. The molecule has 0 aliphatic rings. The SMILES string of the molecule is C=C(ONCCCC)C(CCO)C(NCCOC(=O)CCO)C(=O)NC(C)C(=O)Oc1ccc(COC(C)=O)cc1. The van der Waals surface area contributed by atoms with Crippen molar-refractivity contribution in [3.05, 3.63) is 42.2 Å². The predicted molar refractivity (Wildman–Crippen MR) is 148 cm³/mol. The summed E-state index contributed by atoms with van der Waals surface area (Å²) in [7, 11) is 0. The first-order chi connectivity index (χ1) is 19.6. The van der Waals surface area contributed by atoms with Crippen molar-refractivity contribution in [2.24, 2.45) is 5.92 Å². The highest BCUT2D eigenvalue weighted by Gasteiger charge is 2.33.